The summed E-state index contributed by atoms with van der Waals surface area (Å²) in [6, 6.07) is 8.49. The van der Waals surface area contributed by atoms with Gasteiger partial charge in [-0.25, -0.2) is 0 Å². The second-order valence-electron chi connectivity index (χ2n) is 4.80. The number of hydrogen-bond donors (Lipinski definition) is 2. The van der Waals surface area contributed by atoms with Crippen LogP contribution in [0.2, 0.25) is 0 Å². The van der Waals surface area contributed by atoms with Gasteiger partial charge in [-0.3, -0.25) is 11.3 Å². The summed E-state index contributed by atoms with van der Waals surface area (Å²) in [5.74, 6) is 5.61. The van der Waals surface area contributed by atoms with Crippen molar-refractivity contribution in [3.05, 3.63) is 35.4 Å². The van der Waals surface area contributed by atoms with Crippen LogP contribution in [0.3, 0.4) is 0 Å². The number of hydrazine groups is 1. The lowest BCUT2D eigenvalue weighted by molar-refractivity contribution is 0.00681. The highest BCUT2D eigenvalue weighted by molar-refractivity contribution is 5.25. The van der Waals surface area contributed by atoms with Crippen molar-refractivity contribution >= 4 is 0 Å². The van der Waals surface area contributed by atoms with E-state index in [0.29, 0.717) is 0 Å². The van der Waals surface area contributed by atoms with Crippen LogP contribution in [0.5, 0.6) is 0 Å². The molecule has 16 heavy (non-hydrogen) atoms. The Labute approximate surface area is 98.0 Å². The summed E-state index contributed by atoms with van der Waals surface area (Å²) in [4.78, 5) is 0. The first-order valence-corrected chi connectivity index (χ1v) is 5.56. The van der Waals surface area contributed by atoms with Gasteiger partial charge < -0.3 is 4.74 Å². The molecule has 0 bridgehead atoms. The maximum absolute atomic E-state index is 5.61. The quantitative estimate of drug-likeness (QED) is 0.593. The molecule has 0 heterocycles. The van der Waals surface area contributed by atoms with Crippen LogP contribution in [-0.4, -0.2) is 12.7 Å². The van der Waals surface area contributed by atoms with E-state index in [2.05, 4.69) is 50.5 Å². The molecule has 0 radical (unpaired) electrons. The molecule has 0 amide bonds. The zero-order chi connectivity index (χ0) is 12.2. The van der Waals surface area contributed by atoms with Crippen molar-refractivity contribution in [3.8, 4) is 0 Å². The lowest BCUT2D eigenvalue weighted by Gasteiger charge is -2.28. The fourth-order valence-electron chi connectivity index (χ4n) is 1.73. The number of methoxy groups -OCH3 is 1. The largest absolute Gasteiger partial charge is 0.379 e. The molecule has 0 aromatic heterocycles. The fourth-order valence-corrected chi connectivity index (χ4v) is 1.73. The number of nitrogens with two attached hydrogens (primary N) is 1. The van der Waals surface area contributed by atoms with Gasteiger partial charge in [-0.2, -0.15) is 0 Å². The normalized spacial score (nSPS) is 13.8. The van der Waals surface area contributed by atoms with Gasteiger partial charge in [0.1, 0.15) is 0 Å². The lowest BCUT2D eigenvalue weighted by Crippen LogP contribution is -2.35. The molecule has 0 aliphatic rings. The Kier molecular flexibility index (Phi) is 4.47. The summed E-state index contributed by atoms with van der Waals surface area (Å²) in [6.45, 7) is 6.21. The van der Waals surface area contributed by atoms with Crippen LogP contribution in [0.25, 0.3) is 0 Å². The topological polar surface area (TPSA) is 47.3 Å². The van der Waals surface area contributed by atoms with E-state index in [9.17, 15) is 0 Å². The Hall–Kier alpha value is -0.900. The molecule has 90 valence electrons. The lowest BCUT2D eigenvalue weighted by atomic mass is 9.93. The third-order valence-corrected chi connectivity index (χ3v) is 2.89. The van der Waals surface area contributed by atoms with Crippen molar-refractivity contribution in [2.75, 3.05) is 7.11 Å². The highest BCUT2D eigenvalue weighted by Gasteiger charge is 2.23. The number of nitrogens with one attached hydrogen (secondary N) is 1. The first-order valence-electron chi connectivity index (χ1n) is 5.56. The molecule has 0 spiro atoms. The molecule has 0 saturated heterocycles. The van der Waals surface area contributed by atoms with Crippen LogP contribution in [0, 0.1) is 6.92 Å². The monoisotopic (exact) mass is 222 g/mol. The molecule has 3 heteroatoms. The van der Waals surface area contributed by atoms with Crippen LogP contribution in [0.4, 0.5) is 0 Å². The summed E-state index contributed by atoms with van der Waals surface area (Å²) in [7, 11) is 1.73. The fraction of sp³-hybridized carbons (Fsp3) is 0.538. The first-order chi connectivity index (χ1) is 7.48. The Bertz CT molecular complexity index is 336. The molecule has 1 rings (SSSR count). The average molecular weight is 222 g/mol. The van der Waals surface area contributed by atoms with E-state index in [0.717, 1.165) is 6.42 Å². The molecule has 0 aliphatic carbocycles. The maximum atomic E-state index is 5.61. The first kappa shape index (κ1) is 13.2. The second-order valence-corrected chi connectivity index (χ2v) is 4.80. The van der Waals surface area contributed by atoms with E-state index in [1.165, 1.54) is 11.1 Å². The molecule has 3 N–H and O–H groups in total. The number of rotatable bonds is 5. The van der Waals surface area contributed by atoms with Crippen molar-refractivity contribution in [2.45, 2.75) is 38.8 Å². The molecule has 3 nitrogen and oxygen atoms in total. The standard InChI is InChI=1S/C13H22N2O/c1-10-6-5-7-11(8-10)12(15-14)9-13(2,3)16-4/h5-8,12,15H,9,14H2,1-4H3. The van der Waals surface area contributed by atoms with Crippen LogP contribution in [0.15, 0.2) is 24.3 Å². The summed E-state index contributed by atoms with van der Waals surface area (Å²) < 4.78 is 5.43. The molecule has 1 aromatic carbocycles. The Morgan fingerprint density at radius 3 is 2.62 bits per heavy atom. The predicted molar refractivity (Wildman–Crippen MR) is 66.9 cm³/mol. The maximum Gasteiger partial charge on any atom is 0.0641 e. The van der Waals surface area contributed by atoms with E-state index in [1.807, 2.05) is 0 Å². The van der Waals surface area contributed by atoms with Crippen molar-refractivity contribution in [3.63, 3.8) is 0 Å². The van der Waals surface area contributed by atoms with Crippen molar-refractivity contribution in [1.82, 2.24) is 5.43 Å². The SMILES string of the molecule is COC(C)(C)CC(NN)c1cccc(C)c1. The molecule has 0 saturated carbocycles. The van der Waals surface area contributed by atoms with Gasteiger partial charge in [0, 0.05) is 13.2 Å². The molecular formula is C13H22N2O. The molecular weight excluding hydrogens is 200 g/mol. The molecule has 1 atom stereocenters. The summed E-state index contributed by atoms with van der Waals surface area (Å²) in [5, 5.41) is 0. The predicted octanol–water partition coefficient (Wildman–Crippen LogP) is 2.31. The van der Waals surface area contributed by atoms with Gasteiger partial charge >= 0.3 is 0 Å². The number of benzene rings is 1. The van der Waals surface area contributed by atoms with Crippen molar-refractivity contribution < 1.29 is 4.74 Å². The van der Waals surface area contributed by atoms with Crippen molar-refractivity contribution in [2.24, 2.45) is 5.84 Å². The van der Waals surface area contributed by atoms with Crippen LogP contribution in [0.1, 0.15) is 37.4 Å². The number of hydrogen-bond acceptors (Lipinski definition) is 3. The van der Waals surface area contributed by atoms with Gasteiger partial charge in [-0.05, 0) is 32.8 Å². The Morgan fingerprint density at radius 2 is 2.12 bits per heavy atom. The van der Waals surface area contributed by atoms with Gasteiger partial charge in [0.25, 0.3) is 0 Å². The van der Waals surface area contributed by atoms with Crippen molar-refractivity contribution in [1.29, 1.82) is 0 Å². The Morgan fingerprint density at radius 1 is 1.44 bits per heavy atom. The number of aryl methyl sites for hydroxylation is 1. The third kappa shape index (κ3) is 3.59. The number of ether oxygens (including phenoxy) is 1. The van der Waals surface area contributed by atoms with Gasteiger partial charge in [0.05, 0.1) is 5.60 Å². The smallest absolute Gasteiger partial charge is 0.0641 e. The van der Waals surface area contributed by atoms with E-state index in [1.54, 1.807) is 7.11 Å². The van der Waals surface area contributed by atoms with Gasteiger partial charge in [0.15, 0.2) is 0 Å². The zero-order valence-corrected chi connectivity index (χ0v) is 10.6. The minimum absolute atomic E-state index is 0.120. The van der Waals surface area contributed by atoms with E-state index in [-0.39, 0.29) is 11.6 Å². The molecule has 0 fully saturated rings. The van der Waals surface area contributed by atoms with E-state index >= 15 is 0 Å². The minimum atomic E-state index is -0.180. The van der Waals surface area contributed by atoms with E-state index in [4.69, 9.17) is 10.6 Å². The van der Waals surface area contributed by atoms with Crippen LogP contribution >= 0.6 is 0 Å². The Balaban J connectivity index is 2.82. The summed E-state index contributed by atoms with van der Waals surface area (Å²) in [6.07, 6.45) is 0.837. The zero-order valence-electron chi connectivity index (χ0n) is 10.6. The third-order valence-electron chi connectivity index (χ3n) is 2.89. The van der Waals surface area contributed by atoms with Gasteiger partial charge in [0.2, 0.25) is 0 Å². The highest BCUT2D eigenvalue weighted by atomic mass is 16.5. The highest BCUT2D eigenvalue weighted by Crippen LogP contribution is 2.25. The molecule has 0 aliphatic heterocycles. The second kappa shape index (κ2) is 5.43. The average Bonchev–Trinajstić information content (AvgIpc) is 2.26. The summed E-state index contributed by atoms with van der Waals surface area (Å²) in [5.41, 5.74) is 5.12. The van der Waals surface area contributed by atoms with Gasteiger partial charge in [-0.1, -0.05) is 29.8 Å². The summed E-state index contributed by atoms with van der Waals surface area (Å²) >= 11 is 0. The molecule has 1 aromatic rings. The van der Waals surface area contributed by atoms with E-state index < -0.39 is 0 Å². The van der Waals surface area contributed by atoms with Crippen LogP contribution < -0.4 is 11.3 Å². The van der Waals surface area contributed by atoms with Gasteiger partial charge in [-0.15, -0.1) is 0 Å². The molecule has 1 unspecified atom stereocenters. The van der Waals surface area contributed by atoms with Crippen LogP contribution in [-0.2, 0) is 4.74 Å². The minimum Gasteiger partial charge on any atom is -0.379 e.